The molecule has 0 fully saturated rings. The third-order valence-corrected chi connectivity index (χ3v) is 5.04. The number of ether oxygens (including phenoxy) is 3. The lowest BCUT2D eigenvalue weighted by molar-refractivity contribution is -0.686. The third kappa shape index (κ3) is 4.34. The number of nitrogens with zero attached hydrogens (tertiary/aromatic N) is 1. The van der Waals surface area contributed by atoms with E-state index in [4.69, 9.17) is 24.1 Å². The highest BCUT2D eigenvalue weighted by Crippen LogP contribution is 2.39. The smallest absolute Gasteiger partial charge is 0.430 e. The number of aromatic nitrogens is 1. The Labute approximate surface area is 181 Å². The number of alkyl halides is 3. The molecule has 170 valence electrons. The van der Waals surface area contributed by atoms with Gasteiger partial charge in [-0.3, -0.25) is 0 Å². The molecule has 0 spiro atoms. The van der Waals surface area contributed by atoms with Crippen molar-refractivity contribution in [1.29, 1.82) is 0 Å². The summed E-state index contributed by atoms with van der Waals surface area (Å²) in [6, 6.07) is 9.78. The predicted octanol–water partition coefficient (Wildman–Crippen LogP) is 2.38. The average Bonchev–Trinajstić information content (AvgIpc) is 2.76. The second kappa shape index (κ2) is 8.81. The van der Waals surface area contributed by atoms with Gasteiger partial charge < -0.3 is 29.2 Å². The molecule has 32 heavy (non-hydrogen) atoms. The Balaban J connectivity index is 0.000000360. The number of carbonyl (C=O) groups excluding carboxylic acids is 1. The summed E-state index contributed by atoms with van der Waals surface area (Å²) >= 11 is 0. The fourth-order valence-electron chi connectivity index (χ4n) is 3.56. The maximum absolute atomic E-state index is 10.5. The summed E-state index contributed by atoms with van der Waals surface area (Å²) in [5.74, 6) is -0.878. The van der Waals surface area contributed by atoms with E-state index in [0.29, 0.717) is 5.75 Å². The van der Waals surface area contributed by atoms with Crippen LogP contribution in [0.2, 0.25) is 0 Å². The highest BCUT2D eigenvalue weighted by Gasteiger charge is 2.29. The lowest BCUT2D eigenvalue weighted by atomic mass is 9.95. The Morgan fingerprint density at radius 2 is 1.69 bits per heavy atom. The van der Waals surface area contributed by atoms with Crippen LogP contribution >= 0.6 is 0 Å². The molecule has 1 N–H and O–H groups in total. The van der Waals surface area contributed by atoms with Gasteiger partial charge >= 0.3 is 6.18 Å². The number of carboxylic acid groups (broad SMARTS) is 1. The number of halogens is 3. The number of methoxy groups -OCH3 is 3. The van der Waals surface area contributed by atoms with Crippen molar-refractivity contribution < 1.29 is 47.0 Å². The zero-order valence-corrected chi connectivity index (χ0v) is 17.4. The van der Waals surface area contributed by atoms with E-state index >= 15 is 0 Å². The molecule has 0 atom stereocenters. The van der Waals surface area contributed by atoms with Gasteiger partial charge in [0, 0.05) is 12.5 Å². The van der Waals surface area contributed by atoms with Gasteiger partial charge in [0.1, 0.15) is 5.97 Å². The molecule has 1 aromatic heterocycles. The molecule has 3 aromatic rings. The number of rotatable bonds is 3. The Kier molecular flexibility index (Phi) is 6.33. The van der Waals surface area contributed by atoms with Gasteiger partial charge in [0.2, 0.25) is 5.69 Å². The van der Waals surface area contributed by atoms with Crippen molar-refractivity contribution in [2.24, 2.45) is 0 Å². The molecule has 7 nitrogen and oxygen atoms in total. The van der Waals surface area contributed by atoms with Gasteiger partial charge in [0.25, 0.3) is 0 Å². The molecule has 0 unspecified atom stereocenters. The molecule has 10 heteroatoms. The molecule has 4 rings (SSSR count). The first kappa shape index (κ1) is 23.0. The van der Waals surface area contributed by atoms with Gasteiger partial charge in [-0.1, -0.05) is 0 Å². The van der Waals surface area contributed by atoms with Gasteiger partial charge in [-0.25, -0.2) is 0 Å². The van der Waals surface area contributed by atoms with Gasteiger partial charge in [-0.2, -0.15) is 17.7 Å². The first-order valence-corrected chi connectivity index (χ1v) is 9.37. The number of aryl methyl sites for hydroxylation is 2. The van der Waals surface area contributed by atoms with Crippen molar-refractivity contribution in [2.45, 2.75) is 19.1 Å². The van der Waals surface area contributed by atoms with Gasteiger partial charge in [0.05, 0.1) is 32.3 Å². The summed E-state index contributed by atoms with van der Waals surface area (Å²) in [6.07, 6.45) is -2.25. The summed E-state index contributed by atoms with van der Waals surface area (Å²) in [4.78, 5) is 8.78. The number of pyridine rings is 1. The van der Waals surface area contributed by atoms with E-state index in [0.717, 1.165) is 46.5 Å². The van der Waals surface area contributed by atoms with Crippen LogP contribution in [0.1, 0.15) is 5.56 Å². The normalized spacial score (nSPS) is 12.2. The minimum atomic E-state index is -5.19. The number of phenolic OH excluding ortho intramolecular Hbond substituents is 1. The Morgan fingerprint density at radius 1 is 1.06 bits per heavy atom. The molecular formula is C22H20F3NO6. The van der Waals surface area contributed by atoms with Crippen LogP contribution in [-0.4, -0.2) is 38.6 Å². The second-order valence-electron chi connectivity index (χ2n) is 6.87. The van der Waals surface area contributed by atoms with Crippen LogP contribution in [0.25, 0.3) is 22.0 Å². The molecule has 2 heterocycles. The first-order chi connectivity index (χ1) is 15.1. The molecule has 1 aliphatic rings. The standard InChI is InChI=1S/C20H19NO4.C2HF3O2/c1-23-18-9-13-6-7-21-11-15-12(4-5-17(22)20(15)25-3)8-16(21)14(13)10-19(18)24-2;3-2(4,5)1(6)7/h4-5,8-11H,6-7H2,1-3H3;(H,6,7). The quantitative estimate of drug-likeness (QED) is 0.615. The molecule has 0 aliphatic carbocycles. The lowest BCUT2D eigenvalue weighted by Gasteiger charge is -2.18. The van der Waals surface area contributed by atoms with Crippen LogP contribution in [0.15, 0.2) is 36.5 Å². The maximum atomic E-state index is 10.5. The summed E-state index contributed by atoms with van der Waals surface area (Å²) in [6.45, 7) is 0.854. The van der Waals surface area contributed by atoms with Crippen LogP contribution in [0.5, 0.6) is 23.0 Å². The molecule has 0 amide bonds. The number of carboxylic acids is 1. The number of phenols is 1. The van der Waals surface area contributed by atoms with Crippen LogP contribution < -0.4 is 23.9 Å². The van der Waals surface area contributed by atoms with Crippen molar-refractivity contribution in [3.05, 3.63) is 42.1 Å². The van der Waals surface area contributed by atoms with Crippen molar-refractivity contribution in [3.63, 3.8) is 0 Å². The van der Waals surface area contributed by atoms with Crippen molar-refractivity contribution >= 4 is 16.7 Å². The van der Waals surface area contributed by atoms with Crippen molar-refractivity contribution in [1.82, 2.24) is 0 Å². The summed E-state index contributed by atoms with van der Waals surface area (Å²) in [7, 11) is 4.88. The van der Waals surface area contributed by atoms with Crippen LogP contribution in [0.4, 0.5) is 13.2 Å². The SMILES string of the molecule is COc1cc2c(cc1OC)-c1cc3ccc(O)c(OC)c3c[n+]1CC2.O=C([O-])C(F)(F)F. The minimum Gasteiger partial charge on any atom is -0.542 e. The molecule has 0 saturated carbocycles. The fraction of sp³-hybridized carbons (Fsp3) is 0.273. The number of benzene rings is 2. The van der Waals surface area contributed by atoms with Gasteiger partial charge in [-0.05, 0) is 35.2 Å². The number of hydrogen-bond acceptors (Lipinski definition) is 6. The number of fused-ring (bicyclic) bond motifs is 4. The van der Waals surface area contributed by atoms with E-state index < -0.39 is 12.1 Å². The molecule has 0 bridgehead atoms. The van der Waals surface area contributed by atoms with Gasteiger partial charge in [-0.15, -0.1) is 0 Å². The third-order valence-electron chi connectivity index (χ3n) is 5.04. The lowest BCUT2D eigenvalue weighted by Crippen LogP contribution is -2.40. The van der Waals surface area contributed by atoms with Crippen LogP contribution in [-0.2, 0) is 17.8 Å². The summed E-state index contributed by atoms with van der Waals surface area (Å²) in [5.41, 5.74) is 3.49. The Hall–Kier alpha value is -3.69. The highest BCUT2D eigenvalue weighted by molar-refractivity contribution is 5.91. The first-order valence-electron chi connectivity index (χ1n) is 9.37. The Bertz CT molecular complexity index is 1180. The maximum Gasteiger partial charge on any atom is 0.430 e. The van der Waals surface area contributed by atoms with E-state index in [2.05, 4.69) is 16.7 Å². The van der Waals surface area contributed by atoms with E-state index in [1.165, 1.54) is 5.56 Å². The molecule has 2 aromatic carbocycles. The number of hydrogen-bond donors (Lipinski definition) is 1. The number of carbonyl (C=O) groups is 1. The monoisotopic (exact) mass is 451 g/mol. The Morgan fingerprint density at radius 3 is 2.25 bits per heavy atom. The van der Waals surface area contributed by atoms with Crippen molar-refractivity contribution in [2.75, 3.05) is 21.3 Å². The summed E-state index contributed by atoms with van der Waals surface area (Å²) < 4.78 is 50.0. The van der Waals surface area contributed by atoms with E-state index in [1.807, 2.05) is 18.3 Å². The largest absolute Gasteiger partial charge is 0.542 e. The van der Waals surface area contributed by atoms with E-state index in [-0.39, 0.29) is 5.75 Å². The molecule has 1 aliphatic heterocycles. The van der Waals surface area contributed by atoms with E-state index in [9.17, 15) is 18.3 Å². The topological polar surface area (TPSA) is 91.9 Å². The average molecular weight is 451 g/mol. The van der Waals surface area contributed by atoms with E-state index in [1.54, 1.807) is 27.4 Å². The van der Waals surface area contributed by atoms with Crippen molar-refractivity contribution in [3.8, 4) is 34.3 Å². The zero-order chi connectivity index (χ0) is 23.6. The zero-order valence-electron chi connectivity index (χ0n) is 17.4. The predicted molar refractivity (Wildman–Crippen MR) is 106 cm³/mol. The molecular weight excluding hydrogens is 431 g/mol. The summed E-state index contributed by atoms with van der Waals surface area (Å²) in [5, 5.41) is 20.7. The molecule has 0 radical (unpaired) electrons. The van der Waals surface area contributed by atoms with Gasteiger partial charge in [0.15, 0.2) is 35.7 Å². The number of aliphatic carboxylic acids is 1. The fourth-order valence-corrected chi connectivity index (χ4v) is 3.56. The number of aromatic hydroxyl groups is 1. The van der Waals surface area contributed by atoms with Crippen LogP contribution in [0, 0.1) is 0 Å². The highest BCUT2D eigenvalue weighted by atomic mass is 19.4. The van der Waals surface area contributed by atoms with Crippen LogP contribution in [0.3, 0.4) is 0 Å². The molecule has 0 saturated heterocycles. The minimum absolute atomic E-state index is 0.151. The second-order valence-corrected chi connectivity index (χ2v) is 6.87.